The van der Waals surface area contributed by atoms with Gasteiger partial charge < -0.3 is 4.90 Å². The van der Waals surface area contributed by atoms with Gasteiger partial charge in [0.2, 0.25) is 0 Å². The molecule has 0 aliphatic heterocycles. The van der Waals surface area contributed by atoms with E-state index in [1.165, 1.54) is 22.6 Å². The predicted molar refractivity (Wildman–Crippen MR) is 104 cm³/mol. The van der Waals surface area contributed by atoms with Crippen LogP contribution < -0.4 is 4.90 Å². The van der Waals surface area contributed by atoms with Crippen LogP contribution in [-0.4, -0.2) is 0 Å². The Morgan fingerprint density at radius 3 is 1.67 bits per heavy atom. The van der Waals surface area contributed by atoms with Crippen LogP contribution in [0, 0.1) is 0 Å². The van der Waals surface area contributed by atoms with E-state index in [0.29, 0.717) is 0 Å². The van der Waals surface area contributed by atoms with E-state index in [1.807, 2.05) is 0 Å². The van der Waals surface area contributed by atoms with Gasteiger partial charge in [0.1, 0.15) is 0 Å². The fourth-order valence-corrected chi connectivity index (χ4v) is 2.87. The summed E-state index contributed by atoms with van der Waals surface area (Å²) in [4.78, 5) is 2.31. The lowest BCUT2D eigenvalue weighted by molar-refractivity contribution is 0.506. The molecule has 24 heavy (non-hydrogen) atoms. The Morgan fingerprint density at radius 2 is 1.17 bits per heavy atom. The smallest absolute Gasteiger partial charge is 0.0464 e. The highest BCUT2D eigenvalue weighted by molar-refractivity contribution is 5.76. The maximum atomic E-state index is 2.32. The minimum Gasteiger partial charge on any atom is -0.310 e. The summed E-state index contributed by atoms with van der Waals surface area (Å²) in [5, 5.41) is 0. The van der Waals surface area contributed by atoms with Gasteiger partial charge in [-0.15, -0.1) is 0 Å². The van der Waals surface area contributed by atoms with Crippen molar-refractivity contribution in [2.75, 3.05) is 4.90 Å². The molecule has 0 aromatic heterocycles. The highest BCUT2D eigenvalue weighted by Gasteiger charge is 2.20. The van der Waals surface area contributed by atoms with Crippen LogP contribution in [0.5, 0.6) is 0 Å². The summed E-state index contributed by atoms with van der Waals surface area (Å²) >= 11 is 0. The third-order valence-corrected chi connectivity index (χ3v) is 4.80. The summed E-state index contributed by atoms with van der Waals surface area (Å²) in [6, 6.07) is 30.0. The molecular weight excluding hydrogens is 290 g/mol. The van der Waals surface area contributed by atoms with Crippen molar-refractivity contribution in [2.24, 2.45) is 0 Å². The van der Waals surface area contributed by atoms with Gasteiger partial charge in [0, 0.05) is 17.1 Å². The number of nitrogens with zero attached hydrogens (tertiary/aromatic N) is 1. The topological polar surface area (TPSA) is 3.24 Å². The molecule has 0 aliphatic carbocycles. The molecule has 0 N–H and O–H groups in total. The summed E-state index contributed by atoms with van der Waals surface area (Å²) in [6.45, 7) is 6.86. The fraction of sp³-hybridized carbons (Fsp3) is 0.217. The molecule has 0 amide bonds. The van der Waals surface area contributed by atoms with E-state index in [-0.39, 0.29) is 5.41 Å². The molecule has 0 heterocycles. The first kappa shape index (κ1) is 16.3. The van der Waals surface area contributed by atoms with Crippen LogP contribution in [0.4, 0.5) is 17.1 Å². The van der Waals surface area contributed by atoms with Gasteiger partial charge in [-0.1, -0.05) is 69.3 Å². The molecule has 3 aromatic carbocycles. The van der Waals surface area contributed by atoms with Crippen LogP contribution in [0.2, 0.25) is 0 Å². The van der Waals surface area contributed by atoms with Gasteiger partial charge >= 0.3 is 0 Å². The Bertz CT molecular complexity index is 736. The number of hydrogen-bond acceptors (Lipinski definition) is 1. The zero-order valence-corrected chi connectivity index (χ0v) is 14.7. The largest absolute Gasteiger partial charge is 0.310 e. The van der Waals surface area contributed by atoms with Crippen LogP contribution in [0.1, 0.15) is 32.8 Å². The second-order valence-corrected chi connectivity index (χ2v) is 6.79. The van der Waals surface area contributed by atoms with Gasteiger partial charge in [-0.3, -0.25) is 0 Å². The summed E-state index contributed by atoms with van der Waals surface area (Å²) in [5.74, 6) is 0. The molecular formula is C23H25N. The van der Waals surface area contributed by atoms with E-state index in [9.17, 15) is 0 Å². The summed E-state index contributed by atoms with van der Waals surface area (Å²) in [6.07, 6.45) is 1.12. The zero-order chi connectivity index (χ0) is 17.0. The Balaban J connectivity index is 2.12. The summed E-state index contributed by atoms with van der Waals surface area (Å²) in [7, 11) is 0. The van der Waals surface area contributed by atoms with Crippen LogP contribution in [-0.2, 0) is 5.41 Å². The molecule has 0 spiro atoms. The number of rotatable bonds is 5. The van der Waals surface area contributed by atoms with Gasteiger partial charge in [-0.2, -0.15) is 0 Å². The number of anilines is 3. The Labute approximate surface area is 145 Å². The predicted octanol–water partition coefficient (Wildman–Crippen LogP) is 6.84. The number of para-hydroxylation sites is 2. The van der Waals surface area contributed by atoms with Crippen molar-refractivity contribution in [2.45, 2.75) is 32.6 Å². The van der Waals surface area contributed by atoms with Crippen molar-refractivity contribution in [3.63, 3.8) is 0 Å². The van der Waals surface area contributed by atoms with Crippen molar-refractivity contribution < 1.29 is 0 Å². The standard InChI is InChI=1S/C23H25N/c1-4-23(2,3)19-12-11-17-22(18-19)24(20-13-7-5-8-14-20)21-15-9-6-10-16-21/h5-18H,4H2,1-3H3. The summed E-state index contributed by atoms with van der Waals surface area (Å²) in [5.41, 5.74) is 5.10. The van der Waals surface area contributed by atoms with E-state index in [4.69, 9.17) is 0 Å². The Morgan fingerprint density at radius 1 is 0.667 bits per heavy atom. The van der Waals surface area contributed by atoms with Gasteiger partial charge in [-0.25, -0.2) is 0 Å². The molecule has 0 fully saturated rings. The van der Waals surface area contributed by atoms with Gasteiger partial charge in [-0.05, 0) is 53.8 Å². The molecule has 1 nitrogen and oxygen atoms in total. The molecule has 0 unspecified atom stereocenters. The molecule has 0 saturated heterocycles. The third kappa shape index (κ3) is 3.35. The molecule has 0 bridgehead atoms. The van der Waals surface area contributed by atoms with Crippen molar-refractivity contribution >= 4 is 17.1 Å². The molecule has 0 aliphatic rings. The normalized spacial score (nSPS) is 11.3. The average molecular weight is 315 g/mol. The van der Waals surface area contributed by atoms with E-state index >= 15 is 0 Å². The average Bonchev–Trinajstić information content (AvgIpc) is 2.64. The minimum atomic E-state index is 0.176. The maximum absolute atomic E-state index is 2.32. The van der Waals surface area contributed by atoms with Crippen molar-refractivity contribution in [1.29, 1.82) is 0 Å². The van der Waals surface area contributed by atoms with Crippen LogP contribution in [0.25, 0.3) is 0 Å². The molecule has 0 radical (unpaired) electrons. The van der Waals surface area contributed by atoms with Crippen molar-refractivity contribution in [1.82, 2.24) is 0 Å². The monoisotopic (exact) mass is 315 g/mol. The van der Waals surface area contributed by atoms with E-state index < -0.39 is 0 Å². The van der Waals surface area contributed by atoms with Crippen LogP contribution in [0.15, 0.2) is 84.9 Å². The van der Waals surface area contributed by atoms with Crippen LogP contribution >= 0.6 is 0 Å². The fourth-order valence-electron chi connectivity index (χ4n) is 2.87. The lowest BCUT2D eigenvalue weighted by Gasteiger charge is -2.29. The van der Waals surface area contributed by atoms with Gasteiger partial charge in [0.05, 0.1) is 0 Å². The molecule has 3 aromatic rings. The lowest BCUT2D eigenvalue weighted by atomic mass is 9.82. The minimum absolute atomic E-state index is 0.176. The first-order chi connectivity index (χ1) is 11.6. The highest BCUT2D eigenvalue weighted by atomic mass is 15.1. The molecule has 0 saturated carbocycles. The Hall–Kier alpha value is -2.54. The number of hydrogen-bond donors (Lipinski definition) is 0. The second-order valence-electron chi connectivity index (χ2n) is 6.79. The lowest BCUT2D eigenvalue weighted by Crippen LogP contribution is -2.17. The molecule has 1 heteroatoms. The SMILES string of the molecule is CCC(C)(C)c1cccc(N(c2ccccc2)c2ccccc2)c1. The maximum Gasteiger partial charge on any atom is 0.0464 e. The van der Waals surface area contributed by atoms with E-state index in [2.05, 4.69) is 111 Å². The molecule has 0 atom stereocenters. The molecule has 3 rings (SSSR count). The highest BCUT2D eigenvalue weighted by Crippen LogP contribution is 2.36. The van der Waals surface area contributed by atoms with E-state index in [0.717, 1.165) is 6.42 Å². The first-order valence-corrected chi connectivity index (χ1v) is 8.62. The van der Waals surface area contributed by atoms with Crippen molar-refractivity contribution in [3.8, 4) is 0 Å². The molecule has 122 valence electrons. The van der Waals surface area contributed by atoms with Gasteiger partial charge in [0.15, 0.2) is 0 Å². The first-order valence-electron chi connectivity index (χ1n) is 8.62. The Kier molecular flexibility index (Phi) is 4.71. The van der Waals surface area contributed by atoms with E-state index in [1.54, 1.807) is 0 Å². The van der Waals surface area contributed by atoms with Crippen LogP contribution in [0.3, 0.4) is 0 Å². The second kappa shape index (κ2) is 6.92. The van der Waals surface area contributed by atoms with Gasteiger partial charge in [0.25, 0.3) is 0 Å². The summed E-state index contributed by atoms with van der Waals surface area (Å²) < 4.78 is 0. The third-order valence-electron chi connectivity index (χ3n) is 4.80. The van der Waals surface area contributed by atoms with Crippen molar-refractivity contribution in [3.05, 3.63) is 90.5 Å². The zero-order valence-electron chi connectivity index (χ0n) is 14.7. The quantitative estimate of drug-likeness (QED) is 0.498. The number of benzene rings is 3.